The summed E-state index contributed by atoms with van der Waals surface area (Å²) in [6.07, 6.45) is 1.43. The van der Waals surface area contributed by atoms with E-state index < -0.39 is 16.0 Å². The van der Waals surface area contributed by atoms with Crippen LogP contribution in [0.4, 0.5) is 0 Å². The van der Waals surface area contributed by atoms with Crippen LogP contribution in [0.2, 0.25) is 0 Å². The fourth-order valence-corrected chi connectivity index (χ4v) is 5.99. The van der Waals surface area contributed by atoms with Crippen LogP contribution in [0, 0.1) is 6.92 Å². The molecule has 0 unspecified atom stereocenters. The predicted octanol–water partition coefficient (Wildman–Crippen LogP) is 7.57. The van der Waals surface area contributed by atoms with Gasteiger partial charge in [0.2, 0.25) is 0 Å². The molecule has 0 amide bonds. The molecule has 0 fully saturated rings. The van der Waals surface area contributed by atoms with Crippen LogP contribution in [0.1, 0.15) is 49.9 Å². The number of hydrogen-bond acceptors (Lipinski definition) is 5. The number of carboxylic acids is 1. The molecule has 0 saturated heterocycles. The molecular weight excluding hydrogens is 560 g/mol. The van der Waals surface area contributed by atoms with Gasteiger partial charge in [0.15, 0.2) is 0 Å². The summed E-state index contributed by atoms with van der Waals surface area (Å²) >= 11 is 0. The van der Waals surface area contributed by atoms with Crippen molar-refractivity contribution in [1.82, 2.24) is 3.97 Å². The molecule has 0 bridgehead atoms. The van der Waals surface area contributed by atoms with Crippen LogP contribution in [-0.4, -0.2) is 23.5 Å². The third-order valence-electron chi connectivity index (χ3n) is 6.57. The first-order valence-electron chi connectivity index (χ1n) is 14.4. The average molecular weight is 601 g/mol. The van der Waals surface area contributed by atoms with E-state index in [1.165, 1.54) is 3.97 Å². The van der Waals surface area contributed by atoms with Crippen LogP contribution in [0.3, 0.4) is 0 Å². The molecule has 43 heavy (non-hydrogen) atoms. The second kappa shape index (κ2) is 15.2. The van der Waals surface area contributed by atoms with Crippen molar-refractivity contribution in [3.05, 3.63) is 119 Å². The van der Waals surface area contributed by atoms with Gasteiger partial charge in [-0.05, 0) is 66.1 Å². The highest BCUT2D eigenvalue weighted by molar-refractivity contribution is 7.90. The first-order chi connectivity index (χ1) is 20.8. The number of aliphatic carboxylic acids is 1. The lowest BCUT2D eigenvalue weighted by Crippen LogP contribution is -2.12. The van der Waals surface area contributed by atoms with E-state index in [0.717, 1.165) is 33.2 Å². The van der Waals surface area contributed by atoms with Crippen molar-refractivity contribution >= 4 is 26.9 Å². The largest absolute Gasteiger partial charge is 0.489 e. The maximum Gasteiger partial charge on any atom is 0.307 e. The third-order valence-corrected chi connectivity index (χ3v) is 8.26. The van der Waals surface area contributed by atoms with E-state index in [0.29, 0.717) is 23.4 Å². The number of ether oxygens (including phenoxy) is 1. The monoisotopic (exact) mass is 600 g/mol. The Morgan fingerprint density at radius 1 is 0.860 bits per heavy atom. The number of hydrogen-bond donors (Lipinski definition) is 2. The number of carboxylic acid groups (broad SMARTS) is 1. The molecule has 0 saturated carbocycles. The minimum absolute atomic E-state index is 0.147. The number of aromatic nitrogens is 1. The highest BCUT2D eigenvalue weighted by atomic mass is 32.2. The van der Waals surface area contributed by atoms with Crippen molar-refractivity contribution in [2.24, 2.45) is 5.73 Å². The van der Waals surface area contributed by atoms with E-state index in [9.17, 15) is 18.3 Å². The Bertz CT molecular complexity index is 1770. The zero-order chi connectivity index (χ0) is 31.6. The fraction of sp³-hybridized carbons (Fsp3) is 0.229. The maximum atomic E-state index is 13.7. The van der Waals surface area contributed by atoms with E-state index in [4.69, 9.17) is 10.5 Å². The minimum Gasteiger partial charge on any atom is -0.489 e. The van der Waals surface area contributed by atoms with Crippen LogP contribution >= 0.6 is 0 Å². The molecule has 8 heteroatoms. The Hall–Kier alpha value is -4.40. The molecule has 0 aliphatic rings. The summed E-state index contributed by atoms with van der Waals surface area (Å²) in [5, 5.41) is 9.98. The molecule has 5 aromatic rings. The Morgan fingerprint density at radius 3 is 2.23 bits per heavy atom. The van der Waals surface area contributed by atoms with Gasteiger partial charge in [0, 0.05) is 29.3 Å². The third kappa shape index (κ3) is 7.71. The van der Waals surface area contributed by atoms with E-state index >= 15 is 0 Å². The van der Waals surface area contributed by atoms with Crippen molar-refractivity contribution in [1.29, 1.82) is 0 Å². The quantitative estimate of drug-likeness (QED) is 0.180. The number of fused-ring (bicyclic) bond motifs is 1. The van der Waals surface area contributed by atoms with Crippen molar-refractivity contribution in [3.8, 4) is 16.9 Å². The second-order valence-corrected chi connectivity index (χ2v) is 11.2. The molecule has 0 spiro atoms. The van der Waals surface area contributed by atoms with Gasteiger partial charge in [0.05, 0.1) is 16.8 Å². The van der Waals surface area contributed by atoms with Gasteiger partial charge >= 0.3 is 5.97 Å². The van der Waals surface area contributed by atoms with Crippen LogP contribution in [0.25, 0.3) is 22.0 Å². The first-order valence-corrected chi connectivity index (χ1v) is 15.9. The molecule has 0 atom stereocenters. The topological polar surface area (TPSA) is 112 Å². The highest BCUT2D eigenvalue weighted by Crippen LogP contribution is 2.34. The SMILES string of the molecule is CC.CC.Cc1ccc(S(=O)(=O)n2ccc3cc(COc4ccccc4CC(=O)O)cc(-c4cccc(CN)c4)c32)cc1. The number of carbonyl (C=O) groups is 1. The normalized spacial score (nSPS) is 10.7. The van der Waals surface area contributed by atoms with Crippen molar-refractivity contribution in [3.63, 3.8) is 0 Å². The predicted molar refractivity (Wildman–Crippen MR) is 174 cm³/mol. The molecule has 0 aliphatic carbocycles. The molecular formula is C35H40N2O5S. The van der Waals surface area contributed by atoms with Gasteiger partial charge in [-0.15, -0.1) is 0 Å². The average Bonchev–Trinajstić information content (AvgIpc) is 3.47. The Labute approximate surface area is 254 Å². The Balaban J connectivity index is 0.00000121. The summed E-state index contributed by atoms with van der Waals surface area (Å²) in [6.45, 7) is 10.4. The summed E-state index contributed by atoms with van der Waals surface area (Å²) < 4.78 is 34.8. The minimum atomic E-state index is -3.87. The standard InChI is InChI=1S/C31H28N2O5S.2C2H6/c1-21-9-11-27(12-10-21)39(36,37)33-14-13-26-16-23(20-38-29-8-3-2-6-25(29)18-30(34)35)17-28(31(26)33)24-7-4-5-22(15-24)19-32;2*1-2/h2-17H,18-20,32H2,1H3,(H,34,35);2*1-2H3. The van der Waals surface area contributed by atoms with Crippen molar-refractivity contribution in [2.75, 3.05) is 0 Å². The van der Waals surface area contributed by atoms with E-state index in [1.807, 2.05) is 71.0 Å². The van der Waals surface area contributed by atoms with Gasteiger partial charge in [-0.3, -0.25) is 4.79 Å². The number of nitrogens with zero attached hydrogens (tertiary/aromatic N) is 1. The molecule has 226 valence electrons. The number of benzene rings is 4. The molecule has 1 heterocycles. The van der Waals surface area contributed by atoms with E-state index in [1.54, 1.807) is 60.8 Å². The summed E-state index contributed by atoms with van der Waals surface area (Å²) in [6, 6.07) is 27.1. The highest BCUT2D eigenvalue weighted by Gasteiger charge is 2.22. The van der Waals surface area contributed by atoms with Gasteiger partial charge in [0.1, 0.15) is 12.4 Å². The lowest BCUT2D eigenvalue weighted by molar-refractivity contribution is -0.136. The second-order valence-electron chi connectivity index (χ2n) is 9.38. The molecule has 7 nitrogen and oxygen atoms in total. The smallest absolute Gasteiger partial charge is 0.307 e. The fourth-order valence-electron chi connectivity index (χ4n) is 4.62. The van der Waals surface area contributed by atoms with E-state index in [-0.39, 0.29) is 17.9 Å². The van der Waals surface area contributed by atoms with Gasteiger partial charge in [0.25, 0.3) is 10.0 Å². The van der Waals surface area contributed by atoms with Crippen molar-refractivity contribution < 1.29 is 23.1 Å². The zero-order valence-corrected chi connectivity index (χ0v) is 26.2. The lowest BCUT2D eigenvalue weighted by Gasteiger charge is -2.15. The first kappa shape index (κ1) is 33.1. The lowest BCUT2D eigenvalue weighted by atomic mass is 9.98. The van der Waals surface area contributed by atoms with Crippen LogP contribution in [0.5, 0.6) is 5.75 Å². The number of nitrogens with two attached hydrogens (primary N) is 1. The Morgan fingerprint density at radius 2 is 1.56 bits per heavy atom. The van der Waals surface area contributed by atoms with Crippen molar-refractivity contribution in [2.45, 2.75) is 59.1 Å². The van der Waals surface area contributed by atoms with Gasteiger partial charge < -0.3 is 15.6 Å². The summed E-state index contributed by atoms with van der Waals surface area (Å²) in [5.74, 6) is -0.447. The van der Waals surface area contributed by atoms with Crippen LogP contribution in [0.15, 0.2) is 102 Å². The summed E-state index contributed by atoms with van der Waals surface area (Å²) in [4.78, 5) is 11.5. The maximum absolute atomic E-state index is 13.7. The Kier molecular flexibility index (Phi) is 11.7. The molecule has 0 radical (unpaired) electrons. The van der Waals surface area contributed by atoms with Crippen LogP contribution < -0.4 is 10.5 Å². The summed E-state index contributed by atoms with van der Waals surface area (Å²) in [7, 11) is -3.87. The molecule has 0 aliphatic heterocycles. The molecule has 3 N–H and O–H groups in total. The van der Waals surface area contributed by atoms with Gasteiger partial charge in [-0.1, -0.05) is 81.8 Å². The molecule has 4 aromatic carbocycles. The van der Waals surface area contributed by atoms with Gasteiger partial charge in [-0.2, -0.15) is 0 Å². The number of aryl methyl sites for hydroxylation is 1. The van der Waals surface area contributed by atoms with E-state index in [2.05, 4.69) is 0 Å². The summed E-state index contributed by atoms with van der Waals surface area (Å²) in [5.41, 5.74) is 11.3. The zero-order valence-electron chi connectivity index (χ0n) is 25.4. The number of para-hydroxylation sites is 1. The number of rotatable bonds is 9. The molecule has 1 aromatic heterocycles. The molecule has 5 rings (SSSR count). The van der Waals surface area contributed by atoms with Crippen LogP contribution in [-0.2, 0) is 34.4 Å². The van der Waals surface area contributed by atoms with Gasteiger partial charge in [-0.25, -0.2) is 12.4 Å².